The Balaban J connectivity index is 2.15. The lowest BCUT2D eigenvalue weighted by molar-refractivity contribution is -0.139. The molecule has 2 N–H and O–H groups in total. The summed E-state index contributed by atoms with van der Waals surface area (Å²) >= 11 is 0. The van der Waals surface area contributed by atoms with E-state index in [4.69, 9.17) is 5.11 Å². The first-order chi connectivity index (χ1) is 8.13. The van der Waals surface area contributed by atoms with Crippen LogP contribution < -0.4 is 5.32 Å². The lowest BCUT2D eigenvalue weighted by atomic mass is 9.83. The van der Waals surface area contributed by atoms with Gasteiger partial charge in [0, 0.05) is 6.04 Å². The van der Waals surface area contributed by atoms with Crippen molar-refractivity contribution in [2.45, 2.75) is 77.3 Å². The molecule has 0 aromatic rings. The Morgan fingerprint density at radius 2 is 1.94 bits per heavy atom. The third-order valence-electron chi connectivity index (χ3n) is 3.92. The summed E-state index contributed by atoms with van der Waals surface area (Å²) < 4.78 is 0. The molecule has 0 aromatic carbocycles. The number of hydrogen-bond donors (Lipinski definition) is 2. The minimum Gasteiger partial charge on any atom is -0.480 e. The molecule has 1 aliphatic carbocycles. The van der Waals surface area contributed by atoms with E-state index in [1.165, 1.54) is 38.5 Å². The maximum absolute atomic E-state index is 10.7. The normalized spacial score (nSPS) is 26.7. The van der Waals surface area contributed by atoms with Crippen molar-refractivity contribution in [3.8, 4) is 0 Å². The van der Waals surface area contributed by atoms with E-state index in [0.717, 1.165) is 18.8 Å². The molecule has 3 nitrogen and oxygen atoms in total. The Kier molecular flexibility index (Phi) is 6.56. The first-order valence-corrected chi connectivity index (χ1v) is 7.12. The zero-order valence-electron chi connectivity index (χ0n) is 11.2. The van der Waals surface area contributed by atoms with Crippen LogP contribution in [0.25, 0.3) is 0 Å². The maximum Gasteiger partial charge on any atom is 0.320 e. The van der Waals surface area contributed by atoms with Gasteiger partial charge in [-0.3, -0.25) is 4.79 Å². The van der Waals surface area contributed by atoms with E-state index in [-0.39, 0.29) is 0 Å². The highest BCUT2D eigenvalue weighted by Gasteiger charge is 2.23. The first-order valence-electron chi connectivity index (χ1n) is 7.12. The lowest BCUT2D eigenvalue weighted by Gasteiger charge is -2.30. The molecule has 1 atom stereocenters. The minimum atomic E-state index is -0.741. The van der Waals surface area contributed by atoms with E-state index in [2.05, 4.69) is 12.2 Å². The van der Waals surface area contributed by atoms with E-state index < -0.39 is 12.0 Å². The standard InChI is InChI=1S/C14H27NO2/c1-3-4-5-6-12-7-9-13(10-8-12)15-11(2)14(16)17/h11-13,15H,3-10H2,1-2H3,(H,16,17). The van der Waals surface area contributed by atoms with Crippen molar-refractivity contribution in [2.24, 2.45) is 5.92 Å². The summed E-state index contributed by atoms with van der Waals surface area (Å²) in [5.74, 6) is 0.148. The number of rotatable bonds is 7. The van der Waals surface area contributed by atoms with Gasteiger partial charge in [-0.2, -0.15) is 0 Å². The molecule has 17 heavy (non-hydrogen) atoms. The van der Waals surface area contributed by atoms with Gasteiger partial charge in [-0.15, -0.1) is 0 Å². The third kappa shape index (κ3) is 5.53. The van der Waals surface area contributed by atoms with E-state index in [0.29, 0.717) is 6.04 Å². The van der Waals surface area contributed by atoms with Crippen molar-refractivity contribution in [2.75, 3.05) is 0 Å². The molecule has 3 heteroatoms. The minimum absolute atomic E-state index is 0.406. The van der Waals surface area contributed by atoms with Gasteiger partial charge in [-0.1, -0.05) is 32.6 Å². The number of carboxylic acid groups (broad SMARTS) is 1. The predicted molar refractivity (Wildman–Crippen MR) is 70.1 cm³/mol. The summed E-state index contributed by atoms with van der Waals surface area (Å²) in [6.45, 7) is 3.98. The second kappa shape index (κ2) is 7.70. The Bertz CT molecular complexity index is 222. The number of aliphatic carboxylic acids is 1. The summed E-state index contributed by atoms with van der Waals surface area (Å²) in [5.41, 5.74) is 0. The van der Waals surface area contributed by atoms with Crippen LogP contribution in [-0.4, -0.2) is 23.2 Å². The van der Waals surface area contributed by atoms with Crippen LogP contribution in [-0.2, 0) is 4.79 Å². The highest BCUT2D eigenvalue weighted by molar-refractivity contribution is 5.72. The van der Waals surface area contributed by atoms with Gasteiger partial charge in [0.2, 0.25) is 0 Å². The monoisotopic (exact) mass is 241 g/mol. The summed E-state index contributed by atoms with van der Waals surface area (Å²) in [4.78, 5) is 10.7. The van der Waals surface area contributed by atoms with Crippen LogP contribution in [0.5, 0.6) is 0 Å². The van der Waals surface area contributed by atoms with Crippen LogP contribution in [0.4, 0.5) is 0 Å². The zero-order valence-corrected chi connectivity index (χ0v) is 11.2. The van der Waals surface area contributed by atoms with Crippen molar-refractivity contribution in [1.82, 2.24) is 5.32 Å². The fourth-order valence-corrected chi connectivity index (χ4v) is 2.73. The topological polar surface area (TPSA) is 49.3 Å². The van der Waals surface area contributed by atoms with Gasteiger partial charge in [0.1, 0.15) is 6.04 Å². The van der Waals surface area contributed by atoms with Crippen LogP contribution in [0.15, 0.2) is 0 Å². The Hall–Kier alpha value is -0.570. The molecule has 1 aliphatic rings. The fraction of sp³-hybridized carbons (Fsp3) is 0.929. The molecule has 0 aromatic heterocycles. The van der Waals surface area contributed by atoms with E-state index >= 15 is 0 Å². The third-order valence-corrected chi connectivity index (χ3v) is 3.92. The van der Waals surface area contributed by atoms with Crippen LogP contribution in [0, 0.1) is 5.92 Å². The van der Waals surface area contributed by atoms with Gasteiger partial charge in [-0.25, -0.2) is 0 Å². The number of carboxylic acids is 1. The van der Waals surface area contributed by atoms with E-state index in [1.807, 2.05) is 0 Å². The summed E-state index contributed by atoms with van der Waals surface area (Å²) in [7, 11) is 0. The van der Waals surface area contributed by atoms with E-state index in [9.17, 15) is 4.79 Å². The van der Waals surface area contributed by atoms with Gasteiger partial charge in [0.15, 0.2) is 0 Å². The lowest BCUT2D eigenvalue weighted by Crippen LogP contribution is -2.43. The van der Waals surface area contributed by atoms with Crippen LogP contribution in [0.3, 0.4) is 0 Å². The number of nitrogens with one attached hydrogen (secondary N) is 1. The maximum atomic E-state index is 10.7. The van der Waals surface area contributed by atoms with Gasteiger partial charge in [-0.05, 0) is 38.5 Å². The van der Waals surface area contributed by atoms with Crippen molar-refractivity contribution >= 4 is 5.97 Å². The molecule has 0 radical (unpaired) electrons. The van der Waals surface area contributed by atoms with Crippen molar-refractivity contribution < 1.29 is 9.90 Å². The van der Waals surface area contributed by atoms with Crippen LogP contribution >= 0.6 is 0 Å². The zero-order chi connectivity index (χ0) is 12.7. The number of unbranched alkanes of at least 4 members (excludes halogenated alkanes) is 2. The number of hydrogen-bond acceptors (Lipinski definition) is 2. The highest BCUT2D eigenvalue weighted by atomic mass is 16.4. The van der Waals surface area contributed by atoms with E-state index in [1.54, 1.807) is 6.92 Å². The average molecular weight is 241 g/mol. The predicted octanol–water partition coefficient (Wildman–Crippen LogP) is 3.19. The Labute approximate surface area is 105 Å². The molecule has 0 saturated heterocycles. The Morgan fingerprint density at radius 1 is 1.29 bits per heavy atom. The molecule has 0 amide bonds. The second-order valence-corrected chi connectivity index (χ2v) is 5.44. The van der Waals surface area contributed by atoms with Crippen molar-refractivity contribution in [1.29, 1.82) is 0 Å². The van der Waals surface area contributed by atoms with Gasteiger partial charge in [0.25, 0.3) is 0 Å². The molecule has 0 bridgehead atoms. The van der Waals surface area contributed by atoms with Crippen LogP contribution in [0.1, 0.15) is 65.2 Å². The molecule has 100 valence electrons. The second-order valence-electron chi connectivity index (χ2n) is 5.44. The molecule has 0 heterocycles. The SMILES string of the molecule is CCCCCC1CCC(NC(C)C(=O)O)CC1. The molecular formula is C14H27NO2. The quantitative estimate of drug-likeness (QED) is 0.673. The molecule has 1 unspecified atom stereocenters. The molecule has 0 spiro atoms. The fourth-order valence-electron chi connectivity index (χ4n) is 2.73. The number of carbonyl (C=O) groups is 1. The molecule has 0 aliphatic heterocycles. The van der Waals surface area contributed by atoms with Crippen molar-refractivity contribution in [3.05, 3.63) is 0 Å². The van der Waals surface area contributed by atoms with Crippen LogP contribution in [0.2, 0.25) is 0 Å². The molecule has 1 fully saturated rings. The highest BCUT2D eigenvalue weighted by Crippen LogP contribution is 2.28. The summed E-state index contributed by atoms with van der Waals surface area (Å²) in [6.07, 6.45) is 10.2. The smallest absolute Gasteiger partial charge is 0.320 e. The van der Waals surface area contributed by atoms with Gasteiger partial charge < -0.3 is 10.4 Å². The molecule has 1 saturated carbocycles. The first kappa shape index (κ1) is 14.5. The Morgan fingerprint density at radius 3 is 2.47 bits per heavy atom. The largest absolute Gasteiger partial charge is 0.480 e. The molecular weight excluding hydrogens is 214 g/mol. The van der Waals surface area contributed by atoms with Gasteiger partial charge in [0.05, 0.1) is 0 Å². The van der Waals surface area contributed by atoms with Gasteiger partial charge >= 0.3 is 5.97 Å². The molecule has 1 rings (SSSR count). The summed E-state index contributed by atoms with van der Waals surface area (Å²) in [5, 5.41) is 12.1. The summed E-state index contributed by atoms with van der Waals surface area (Å²) in [6, 6.07) is 0.0140. The average Bonchev–Trinajstić information content (AvgIpc) is 2.31. The van der Waals surface area contributed by atoms with Crippen molar-refractivity contribution in [3.63, 3.8) is 0 Å².